The second kappa shape index (κ2) is 9.50. The molecular weight excluding hydrogens is 518 g/mol. The summed E-state index contributed by atoms with van der Waals surface area (Å²) in [5.74, 6) is -4.66. The molecule has 0 saturated carbocycles. The fourth-order valence-electron chi connectivity index (χ4n) is 6.56. The summed E-state index contributed by atoms with van der Waals surface area (Å²) in [5, 5.41) is 40.1. The van der Waals surface area contributed by atoms with Gasteiger partial charge in [-0.25, -0.2) is 9.59 Å². The summed E-state index contributed by atoms with van der Waals surface area (Å²) in [7, 11) is 3.47. The molecule has 13 heteroatoms. The van der Waals surface area contributed by atoms with E-state index >= 15 is 0 Å². The van der Waals surface area contributed by atoms with Crippen LogP contribution in [0.2, 0.25) is 0 Å². The fourth-order valence-corrected chi connectivity index (χ4v) is 6.56. The molecule has 0 amide bonds. The number of carboxylic acid groups (broad SMARTS) is 2. The number of hydrogen-bond donors (Lipinski definition) is 4. The Bertz CT molecular complexity index is 1280. The molecule has 0 radical (unpaired) electrons. The summed E-state index contributed by atoms with van der Waals surface area (Å²) >= 11 is 0. The van der Waals surface area contributed by atoms with E-state index in [-0.39, 0.29) is 18.2 Å². The van der Waals surface area contributed by atoms with Crippen molar-refractivity contribution < 1.29 is 58.6 Å². The minimum Gasteiger partial charge on any atom is -0.493 e. The molecule has 2 unspecified atom stereocenters. The molecule has 4 N–H and O–H groups in total. The highest BCUT2D eigenvalue weighted by Gasteiger charge is 2.72. The Morgan fingerprint density at radius 1 is 1.21 bits per heavy atom. The Balaban J connectivity index is 1.38. The lowest BCUT2D eigenvalue weighted by Crippen LogP contribution is -2.74. The lowest BCUT2D eigenvalue weighted by atomic mass is 9.50. The van der Waals surface area contributed by atoms with Crippen molar-refractivity contribution in [1.29, 1.82) is 0 Å². The number of hydrogen-bond acceptors (Lipinski definition) is 11. The average molecular weight is 548 g/mol. The van der Waals surface area contributed by atoms with Gasteiger partial charge >= 0.3 is 23.9 Å². The summed E-state index contributed by atoms with van der Waals surface area (Å²) in [6.07, 6.45) is -4.04. The van der Waals surface area contributed by atoms with Crippen molar-refractivity contribution in [2.24, 2.45) is 0 Å². The first-order chi connectivity index (χ1) is 18.4. The van der Waals surface area contributed by atoms with E-state index in [9.17, 15) is 29.4 Å². The van der Waals surface area contributed by atoms with Crippen molar-refractivity contribution in [2.45, 2.75) is 67.5 Å². The minimum atomic E-state index is -2.09. The van der Waals surface area contributed by atoms with E-state index < -0.39 is 66.0 Å². The third kappa shape index (κ3) is 4.03. The monoisotopic (exact) mass is 547 g/mol. The van der Waals surface area contributed by atoms with Gasteiger partial charge in [-0.1, -0.05) is 6.07 Å². The van der Waals surface area contributed by atoms with E-state index in [4.69, 9.17) is 24.4 Å². The van der Waals surface area contributed by atoms with Gasteiger partial charge in [-0.2, -0.15) is 0 Å². The zero-order valence-corrected chi connectivity index (χ0v) is 21.3. The average Bonchev–Trinajstić information content (AvgIpc) is 3.22. The number of likely N-dealkylation sites (tertiary alicyclic amines) is 1. The van der Waals surface area contributed by atoms with Crippen molar-refractivity contribution >= 4 is 23.9 Å². The predicted molar refractivity (Wildman–Crippen MR) is 128 cm³/mol. The molecule has 2 bridgehead atoms. The third-order valence-electron chi connectivity index (χ3n) is 8.32. The lowest BCUT2D eigenvalue weighted by Gasteiger charge is -2.61. The highest BCUT2D eigenvalue weighted by atomic mass is 16.6. The first-order valence-corrected chi connectivity index (χ1v) is 12.5. The van der Waals surface area contributed by atoms with Crippen molar-refractivity contribution in [3.05, 3.63) is 35.1 Å². The minimum absolute atomic E-state index is 0.119. The summed E-state index contributed by atoms with van der Waals surface area (Å²) in [6, 6.07) is 3.55. The van der Waals surface area contributed by atoms with Crippen molar-refractivity contribution in [3.63, 3.8) is 0 Å². The van der Waals surface area contributed by atoms with Gasteiger partial charge in [-0.3, -0.25) is 9.59 Å². The lowest BCUT2D eigenvalue weighted by molar-refractivity contribution is -0.176. The van der Waals surface area contributed by atoms with Crippen molar-refractivity contribution in [3.8, 4) is 11.5 Å². The van der Waals surface area contributed by atoms with Gasteiger partial charge in [0, 0.05) is 18.0 Å². The van der Waals surface area contributed by atoms with Gasteiger partial charge in [0.05, 0.1) is 31.0 Å². The van der Waals surface area contributed by atoms with Crippen LogP contribution in [-0.4, -0.2) is 99.9 Å². The second-order valence-corrected chi connectivity index (χ2v) is 10.3. The van der Waals surface area contributed by atoms with Gasteiger partial charge in [-0.05, 0) is 44.1 Å². The number of aliphatic carboxylic acids is 2. The van der Waals surface area contributed by atoms with Crippen molar-refractivity contribution in [1.82, 2.24) is 4.90 Å². The maximum atomic E-state index is 12.8. The van der Waals surface area contributed by atoms with E-state index in [1.54, 1.807) is 12.1 Å². The van der Waals surface area contributed by atoms with Crippen LogP contribution in [0.3, 0.4) is 0 Å². The number of carbonyl (C=O) groups is 4. The van der Waals surface area contributed by atoms with Crippen LogP contribution < -0.4 is 9.47 Å². The number of methoxy groups -OCH3 is 1. The standard InChI is InChI=1S/C26H29NO12/c1-27-8-7-25-20-12-3-4-14(36-2)21(20)39-22(25)15(5-6-26(25,35)17(27)9-12)37-19(31)10-13(28)24(34)38-16(23(32)33)11-18(29)30/h3-5,13,16-17,22,28,35H,6-11H2,1-2H3,(H,29,30)(H,32,33)/t13?,16?,17-,22+,25+,26-/m1/s1. The Morgan fingerprint density at radius 2 is 1.95 bits per heavy atom. The molecular formula is C26H29NO12. The van der Waals surface area contributed by atoms with Crippen LogP contribution in [0.4, 0.5) is 0 Å². The Kier molecular flexibility index (Phi) is 6.56. The van der Waals surface area contributed by atoms with Crippen LogP contribution in [0, 0.1) is 0 Å². The summed E-state index contributed by atoms with van der Waals surface area (Å²) in [6.45, 7) is 0.662. The highest BCUT2D eigenvalue weighted by Crippen LogP contribution is 2.65. The van der Waals surface area contributed by atoms with E-state index in [0.29, 0.717) is 30.9 Å². The number of benzene rings is 1. The van der Waals surface area contributed by atoms with Crippen LogP contribution in [0.5, 0.6) is 11.5 Å². The van der Waals surface area contributed by atoms with Gasteiger partial charge in [0.2, 0.25) is 6.10 Å². The number of carboxylic acids is 2. The second-order valence-electron chi connectivity index (χ2n) is 10.3. The SMILES string of the molecule is COc1ccc2c3c1O[C@H]1C(OC(=O)CC(O)C(=O)OC(CC(=O)O)C(=O)O)=CC[C@@]4(O)[C@@H](C2)N(C)CC[C@]314. The van der Waals surface area contributed by atoms with E-state index in [1.165, 1.54) is 7.11 Å². The molecule has 13 nitrogen and oxygen atoms in total. The molecule has 6 atom stereocenters. The van der Waals surface area contributed by atoms with Crippen molar-refractivity contribution in [2.75, 3.05) is 20.7 Å². The number of likely N-dealkylation sites (N-methyl/N-ethyl adjacent to an activating group) is 1. The molecule has 1 spiro atoms. The van der Waals surface area contributed by atoms with Gasteiger partial charge in [0.15, 0.2) is 23.7 Å². The summed E-state index contributed by atoms with van der Waals surface area (Å²) in [4.78, 5) is 49.0. The summed E-state index contributed by atoms with van der Waals surface area (Å²) in [5.41, 5.74) is -0.295. The molecule has 1 aromatic carbocycles. The third-order valence-corrected chi connectivity index (χ3v) is 8.32. The fraction of sp³-hybridized carbons (Fsp3) is 0.538. The van der Waals surface area contributed by atoms with Gasteiger partial charge in [0.1, 0.15) is 5.76 Å². The van der Waals surface area contributed by atoms with E-state index in [0.717, 1.165) is 11.1 Å². The molecule has 1 fully saturated rings. The molecule has 1 saturated heterocycles. The molecule has 39 heavy (non-hydrogen) atoms. The van der Waals surface area contributed by atoms with Crippen LogP contribution in [0.15, 0.2) is 24.0 Å². The molecule has 5 rings (SSSR count). The van der Waals surface area contributed by atoms with Crippen LogP contribution in [0.1, 0.15) is 36.8 Å². The van der Waals surface area contributed by atoms with E-state index in [2.05, 4.69) is 9.64 Å². The zero-order chi connectivity index (χ0) is 28.3. The smallest absolute Gasteiger partial charge is 0.345 e. The van der Waals surface area contributed by atoms with Crippen LogP contribution in [-0.2, 0) is 40.5 Å². The normalized spacial score (nSPS) is 29.7. The Labute approximate surface area is 222 Å². The Hall–Kier alpha value is -3.68. The summed E-state index contributed by atoms with van der Waals surface area (Å²) < 4.78 is 22.0. The maximum Gasteiger partial charge on any atom is 0.345 e. The Morgan fingerprint density at radius 3 is 2.62 bits per heavy atom. The molecule has 1 aromatic rings. The first-order valence-electron chi connectivity index (χ1n) is 12.5. The predicted octanol–water partition coefficient (Wildman–Crippen LogP) is -0.262. The number of carbonyl (C=O) groups excluding carboxylic acids is 2. The van der Waals surface area contributed by atoms with E-state index in [1.807, 2.05) is 13.1 Å². The molecule has 2 heterocycles. The van der Waals surface area contributed by atoms with Gasteiger partial charge in [-0.15, -0.1) is 0 Å². The van der Waals surface area contributed by atoms with Gasteiger partial charge < -0.3 is 44.3 Å². The van der Waals surface area contributed by atoms with Crippen LogP contribution in [0.25, 0.3) is 0 Å². The number of piperidine rings is 1. The molecule has 4 aliphatic rings. The quantitative estimate of drug-likeness (QED) is 0.296. The van der Waals surface area contributed by atoms with Gasteiger partial charge in [0.25, 0.3) is 0 Å². The molecule has 0 aromatic heterocycles. The molecule has 2 aliphatic heterocycles. The molecule has 2 aliphatic carbocycles. The number of ether oxygens (including phenoxy) is 4. The topological polar surface area (TPSA) is 189 Å². The van der Waals surface area contributed by atoms with Crippen LogP contribution >= 0.6 is 0 Å². The largest absolute Gasteiger partial charge is 0.493 e. The number of nitrogens with zero attached hydrogens (tertiary/aromatic N) is 1. The number of aliphatic hydroxyl groups excluding tert-OH is 1. The zero-order valence-electron chi connectivity index (χ0n) is 21.3. The highest BCUT2D eigenvalue weighted by molar-refractivity contribution is 5.86. The first kappa shape index (κ1) is 26.9. The number of esters is 2. The maximum absolute atomic E-state index is 12.8. The number of aliphatic hydroxyl groups is 2. The molecule has 210 valence electrons. The number of rotatable bonds is 9.